The van der Waals surface area contributed by atoms with Gasteiger partial charge >= 0.3 is 5.97 Å². The highest BCUT2D eigenvalue weighted by Crippen LogP contribution is 2.27. The average molecular weight is 305 g/mol. The fraction of sp³-hybridized carbons (Fsp3) is 0.286. The highest BCUT2D eigenvalue weighted by Gasteiger charge is 2.22. The lowest BCUT2D eigenvalue weighted by Gasteiger charge is -2.01. The predicted octanol–water partition coefficient (Wildman–Crippen LogP) is 2.97. The van der Waals surface area contributed by atoms with Gasteiger partial charge in [-0.15, -0.1) is 0 Å². The molecule has 2 aromatic heterocycles. The van der Waals surface area contributed by atoms with E-state index in [4.69, 9.17) is 4.74 Å². The summed E-state index contributed by atoms with van der Waals surface area (Å²) >= 11 is 1.12. The van der Waals surface area contributed by atoms with Crippen molar-refractivity contribution in [3.63, 3.8) is 0 Å². The Bertz CT molecular complexity index is 665. The fourth-order valence-electron chi connectivity index (χ4n) is 1.62. The molecule has 0 aliphatic carbocycles. The van der Waals surface area contributed by atoms with Gasteiger partial charge in [0.15, 0.2) is 16.6 Å². The SMILES string of the molecule is CCOC(=O)c1nc(Nc2ccc(C)nc2)sc1C(C)=O. The zero-order valence-corrected chi connectivity index (χ0v) is 12.8. The number of hydrogen-bond acceptors (Lipinski definition) is 7. The molecule has 0 aliphatic rings. The molecule has 110 valence electrons. The summed E-state index contributed by atoms with van der Waals surface area (Å²) in [5.41, 5.74) is 1.69. The van der Waals surface area contributed by atoms with Crippen LogP contribution in [0, 0.1) is 6.92 Å². The summed E-state index contributed by atoms with van der Waals surface area (Å²) in [4.78, 5) is 32.0. The number of carbonyl (C=O) groups excluding carboxylic acids is 2. The molecule has 0 radical (unpaired) electrons. The van der Waals surface area contributed by atoms with E-state index in [1.807, 2.05) is 19.1 Å². The third kappa shape index (κ3) is 3.63. The molecule has 0 unspecified atom stereocenters. The Morgan fingerprint density at radius 2 is 2.14 bits per heavy atom. The maximum Gasteiger partial charge on any atom is 0.358 e. The van der Waals surface area contributed by atoms with E-state index < -0.39 is 5.97 Å². The zero-order valence-electron chi connectivity index (χ0n) is 12.0. The Labute approximate surface area is 126 Å². The number of esters is 1. The van der Waals surface area contributed by atoms with Gasteiger partial charge in [0.25, 0.3) is 0 Å². The highest BCUT2D eigenvalue weighted by molar-refractivity contribution is 7.17. The first kappa shape index (κ1) is 15.1. The summed E-state index contributed by atoms with van der Waals surface area (Å²) in [6.07, 6.45) is 1.66. The Kier molecular flexibility index (Phi) is 4.64. The molecule has 2 rings (SSSR count). The second-order valence-electron chi connectivity index (χ2n) is 4.29. The number of aromatic nitrogens is 2. The average Bonchev–Trinajstić information content (AvgIpc) is 2.86. The maximum absolute atomic E-state index is 11.8. The van der Waals surface area contributed by atoms with Crippen LogP contribution < -0.4 is 5.32 Å². The Morgan fingerprint density at radius 1 is 1.38 bits per heavy atom. The van der Waals surface area contributed by atoms with Crippen LogP contribution in [0.15, 0.2) is 18.3 Å². The van der Waals surface area contributed by atoms with E-state index in [0.29, 0.717) is 5.13 Å². The monoisotopic (exact) mass is 305 g/mol. The third-order valence-corrected chi connectivity index (χ3v) is 3.65. The number of aryl methyl sites for hydroxylation is 1. The van der Waals surface area contributed by atoms with E-state index in [9.17, 15) is 9.59 Å². The van der Waals surface area contributed by atoms with E-state index in [1.54, 1.807) is 13.1 Å². The number of Topliss-reactive ketones (excluding diaryl/α,β-unsaturated/α-hetero) is 1. The van der Waals surface area contributed by atoms with Gasteiger partial charge in [0.1, 0.15) is 4.88 Å². The predicted molar refractivity (Wildman–Crippen MR) is 80.3 cm³/mol. The van der Waals surface area contributed by atoms with Gasteiger partial charge in [-0.25, -0.2) is 9.78 Å². The number of thiazole rings is 1. The van der Waals surface area contributed by atoms with Gasteiger partial charge < -0.3 is 10.1 Å². The van der Waals surface area contributed by atoms with Crippen LogP contribution in [0.5, 0.6) is 0 Å². The Morgan fingerprint density at radius 3 is 2.71 bits per heavy atom. The highest BCUT2D eigenvalue weighted by atomic mass is 32.1. The number of rotatable bonds is 5. The van der Waals surface area contributed by atoms with Crippen molar-refractivity contribution in [2.24, 2.45) is 0 Å². The molecule has 7 heteroatoms. The van der Waals surface area contributed by atoms with Crippen molar-refractivity contribution in [3.8, 4) is 0 Å². The van der Waals surface area contributed by atoms with Crippen LogP contribution in [0.25, 0.3) is 0 Å². The molecule has 1 N–H and O–H groups in total. The van der Waals surface area contributed by atoms with Crippen molar-refractivity contribution in [2.75, 3.05) is 11.9 Å². The van der Waals surface area contributed by atoms with Crippen molar-refractivity contribution in [1.82, 2.24) is 9.97 Å². The number of carbonyl (C=O) groups is 2. The summed E-state index contributed by atoms with van der Waals surface area (Å²) in [7, 11) is 0. The Hall–Kier alpha value is -2.28. The van der Waals surface area contributed by atoms with Crippen LogP contribution in [0.1, 0.15) is 39.7 Å². The van der Waals surface area contributed by atoms with E-state index >= 15 is 0 Å². The summed E-state index contributed by atoms with van der Waals surface area (Å²) in [5, 5.41) is 3.48. The van der Waals surface area contributed by atoms with Gasteiger partial charge in [-0.05, 0) is 26.0 Å². The van der Waals surface area contributed by atoms with Crippen LogP contribution >= 0.6 is 11.3 Å². The molecule has 0 bridgehead atoms. The first-order valence-corrected chi connectivity index (χ1v) is 7.21. The van der Waals surface area contributed by atoms with Crippen molar-refractivity contribution in [3.05, 3.63) is 34.6 Å². The third-order valence-electron chi connectivity index (χ3n) is 2.58. The molecule has 6 nitrogen and oxygen atoms in total. The molecule has 0 aliphatic heterocycles. The van der Waals surface area contributed by atoms with Crippen molar-refractivity contribution in [2.45, 2.75) is 20.8 Å². The molecular formula is C14H15N3O3S. The lowest BCUT2D eigenvalue weighted by molar-refractivity contribution is 0.0517. The second kappa shape index (κ2) is 6.45. The molecule has 0 atom stereocenters. The van der Waals surface area contributed by atoms with Gasteiger partial charge in [-0.1, -0.05) is 11.3 Å². The first-order chi connectivity index (χ1) is 10.0. The van der Waals surface area contributed by atoms with Gasteiger partial charge in [0.05, 0.1) is 18.5 Å². The molecule has 0 saturated heterocycles. The lowest BCUT2D eigenvalue weighted by Crippen LogP contribution is -2.09. The minimum atomic E-state index is -0.589. The largest absolute Gasteiger partial charge is 0.461 e. The van der Waals surface area contributed by atoms with Gasteiger partial charge in [-0.2, -0.15) is 0 Å². The smallest absolute Gasteiger partial charge is 0.358 e. The van der Waals surface area contributed by atoms with Crippen molar-refractivity contribution >= 4 is 33.9 Å². The number of hydrogen-bond donors (Lipinski definition) is 1. The molecule has 2 heterocycles. The number of nitrogens with zero attached hydrogens (tertiary/aromatic N) is 2. The molecule has 0 spiro atoms. The van der Waals surface area contributed by atoms with E-state index in [1.165, 1.54) is 6.92 Å². The normalized spacial score (nSPS) is 10.2. The molecule has 2 aromatic rings. The molecular weight excluding hydrogens is 290 g/mol. The van der Waals surface area contributed by atoms with Crippen molar-refractivity contribution in [1.29, 1.82) is 0 Å². The van der Waals surface area contributed by atoms with Crippen LogP contribution in [-0.2, 0) is 4.74 Å². The molecule has 0 fully saturated rings. The summed E-state index contributed by atoms with van der Waals surface area (Å²) < 4.78 is 4.91. The number of ether oxygens (including phenoxy) is 1. The molecule has 21 heavy (non-hydrogen) atoms. The van der Waals surface area contributed by atoms with E-state index in [-0.39, 0.29) is 23.0 Å². The van der Waals surface area contributed by atoms with Gasteiger partial charge in [-0.3, -0.25) is 9.78 Å². The quantitative estimate of drug-likeness (QED) is 0.675. The van der Waals surface area contributed by atoms with Crippen LogP contribution in [0.3, 0.4) is 0 Å². The standard InChI is InChI=1S/C14H15N3O3S/c1-4-20-13(19)11-12(9(3)18)21-14(17-11)16-10-6-5-8(2)15-7-10/h5-7H,4H2,1-3H3,(H,16,17). The summed E-state index contributed by atoms with van der Waals surface area (Å²) in [5.74, 6) is -0.806. The zero-order chi connectivity index (χ0) is 15.4. The van der Waals surface area contributed by atoms with E-state index in [0.717, 1.165) is 22.7 Å². The fourth-order valence-corrected chi connectivity index (χ4v) is 2.48. The van der Waals surface area contributed by atoms with Crippen LogP contribution in [-0.4, -0.2) is 28.3 Å². The number of anilines is 2. The molecule has 0 aromatic carbocycles. The summed E-state index contributed by atoms with van der Waals surface area (Å²) in [6.45, 7) is 5.22. The first-order valence-electron chi connectivity index (χ1n) is 6.39. The van der Waals surface area contributed by atoms with Gasteiger partial charge in [0.2, 0.25) is 0 Å². The topological polar surface area (TPSA) is 81.2 Å². The Balaban J connectivity index is 2.28. The second-order valence-corrected chi connectivity index (χ2v) is 5.29. The minimum absolute atomic E-state index is 0.0527. The van der Waals surface area contributed by atoms with Crippen LogP contribution in [0.4, 0.5) is 10.8 Å². The number of pyridine rings is 1. The number of ketones is 1. The molecule has 0 amide bonds. The maximum atomic E-state index is 11.8. The number of nitrogens with one attached hydrogen (secondary N) is 1. The minimum Gasteiger partial charge on any atom is -0.461 e. The van der Waals surface area contributed by atoms with E-state index in [2.05, 4.69) is 15.3 Å². The summed E-state index contributed by atoms with van der Waals surface area (Å²) in [6, 6.07) is 3.70. The van der Waals surface area contributed by atoms with Crippen LogP contribution in [0.2, 0.25) is 0 Å². The van der Waals surface area contributed by atoms with Crippen molar-refractivity contribution < 1.29 is 14.3 Å². The lowest BCUT2D eigenvalue weighted by atomic mass is 10.3. The molecule has 0 saturated carbocycles. The van der Waals surface area contributed by atoms with Gasteiger partial charge in [0, 0.05) is 12.6 Å².